The lowest BCUT2D eigenvalue weighted by Gasteiger charge is -2.06. The number of anilines is 1. The molecule has 21 heavy (non-hydrogen) atoms. The zero-order chi connectivity index (χ0) is 15.0. The molecule has 0 unspecified atom stereocenters. The molecule has 8 heteroatoms. The van der Waals surface area contributed by atoms with Crippen LogP contribution in [0.25, 0.3) is 17.1 Å². The average molecular weight is 369 g/mol. The quantitative estimate of drug-likeness (QED) is 0.703. The van der Waals surface area contributed by atoms with Crippen molar-refractivity contribution in [1.82, 2.24) is 20.2 Å². The Kier molecular flexibility index (Phi) is 3.60. The van der Waals surface area contributed by atoms with Crippen molar-refractivity contribution in [2.24, 2.45) is 0 Å². The minimum atomic E-state index is -0.515. The molecule has 0 amide bonds. The van der Waals surface area contributed by atoms with Crippen molar-refractivity contribution >= 4 is 33.2 Å². The highest BCUT2D eigenvalue weighted by atomic mass is 79.9. The molecule has 0 aliphatic rings. The smallest absolute Gasteiger partial charge is 0.187 e. The Hall–Kier alpha value is -1.99. The molecule has 5 nitrogen and oxygen atoms in total. The van der Waals surface area contributed by atoms with Gasteiger partial charge in [0, 0.05) is 10.0 Å². The Morgan fingerprint density at radius 3 is 2.71 bits per heavy atom. The third-order valence-electron chi connectivity index (χ3n) is 2.88. The summed E-state index contributed by atoms with van der Waals surface area (Å²) in [6.45, 7) is 0. The van der Waals surface area contributed by atoms with Gasteiger partial charge in [0.2, 0.25) is 0 Å². The van der Waals surface area contributed by atoms with Crippen LogP contribution in [-0.2, 0) is 0 Å². The fourth-order valence-electron chi connectivity index (χ4n) is 1.82. The molecule has 106 valence electrons. The van der Waals surface area contributed by atoms with E-state index in [1.165, 1.54) is 16.8 Å². The van der Waals surface area contributed by atoms with Gasteiger partial charge < -0.3 is 5.73 Å². The van der Waals surface area contributed by atoms with Crippen LogP contribution in [0.2, 0.25) is 5.02 Å². The van der Waals surface area contributed by atoms with Gasteiger partial charge in [0.1, 0.15) is 5.82 Å². The van der Waals surface area contributed by atoms with E-state index in [-0.39, 0.29) is 5.69 Å². The van der Waals surface area contributed by atoms with Gasteiger partial charge >= 0.3 is 0 Å². The minimum absolute atomic E-state index is 0.0759. The zero-order valence-corrected chi connectivity index (χ0v) is 12.8. The van der Waals surface area contributed by atoms with E-state index >= 15 is 0 Å². The maximum atomic E-state index is 13.6. The number of nitrogen functional groups attached to an aromatic ring is 1. The molecule has 0 saturated carbocycles. The molecular formula is C13H8BrClFN5. The fourth-order valence-corrected chi connectivity index (χ4v) is 2.31. The molecule has 1 heterocycles. The van der Waals surface area contributed by atoms with E-state index in [1.54, 1.807) is 24.3 Å². The van der Waals surface area contributed by atoms with Gasteiger partial charge in [0.15, 0.2) is 5.82 Å². The number of nitrogens with two attached hydrogens (primary N) is 1. The molecule has 0 aliphatic heterocycles. The predicted octanol–water partition coefficient (Wildman–Crippen LogP) is 3.47. The van der Waals surface area contributed by atoms with Crippen LogP contribution in [0.15, 0.2) is 40.9 Å². The Labute approximate surface area is 132 Å². The normalized spacial score (nSPS) is 10.8. The second-order valence-corrected chi connectivity index (χ2v) is 5.51. The molecule has 1 aromatic heterocycles. The molecule has 0 bridgehead atoms. The summed E-state index contributed by atoms with van der Waals surface area (Å²) >= 11 is 9.31. The highest BCUT2D eigenvalue weighted by Gasteiger charge is 2.13. The maximum Gasteiger partial charge on any atom is 0.187 e. The van der Waals surface area contributed by atoms with E-state index in [4.69, 9.17) is 17.3 Å². The highest BCUT2D eigenvalue weighted by Crippen LogP contribution is 2.27. The summed E-state index contributed by atoms with van der Waals surface area (Å²) in [4.78, 5) is 0. The third kappa shape index (κ3) is 2.62. The SMILES string of the molecule is Nc1ccc(-c2nnnn2-c2ccc(Cl)c(Br)c2)cc1F. The maximum absolute atomic E-state index is 13.6. The molecule has 0 fully saturated rings. The van der Waals surface area contributed by atoms with Gasteiger partial charge in [-0.1, -0.05) is 11.6 Å². The van der Waals surface area contributed by atoms with Crippen molar-refractivity contribution in [2.45, 2.75) is 0 Å². The Bertz CT molecular complexity index is 754. The summed E-state index contributed by atoms with van der Waals surface area (Å²) in [5.74, 6) is -0.109. The minimum Gasteiger partial charge on any atom is -0.396 e. The topological polar surface area (TPSA) is 69.6 Å². The molecule has 0 aliphatic carbocycles. The molecule has 0 spiro atoms. The predicted molar refractivity (Wildman–Crippen MR) is 81.7 cm³/mol. The van der Waals surface area contributed by atoms with Crippen molar-refractivity contribution in [1.29, 1.82) is 0 Å². The lowest BCUT2D eigenvalue weighted by Crippen LogP contribution is -2.00. The number of hydrogen-bond donors (Lipinski definition) is 1. The summed E-state index contributed by atoms with van der Waals surface area (Å²) < 4.78 is 15.8. The second-order valence-electron chi connectivity index (χ2n) is 4.25. The lowest BCUT2D eigenvalue weighted by atomic mass is 10.2. The molecule has 3 aromatic rings. The van der Waals surface area contributed by atoms with Crippen molar-refractivity contribution in [3.05, 3.63) is 51.7 Å². The first-order valence-corrected chi connectivity index (χ1v) is 7.02. The summed E-state index contributed by atoms with van der Waals surface area (Å²) in [6, 6.07) is 9.68. The van der Waals surface area contributed by atoms with E-state index < -0.39 is 5.82 Å². The average Bonchev–Trinajstić information content (AvgIpc) is 2.94. The fraction of sp³-hybridized carbons (Fsp3) is 0. The highest BCUT2D eigenvalue weighted by molar-refractivity contribution is 9.10. The van der Waals surface area contributed by atoms with Crippen molar-refractivity contribution in [2.75, 3.05) is 5.73 Å². The van der Waals surface area contributed by atoms with Gasteiger partial charge in [-0.3, -0.25) is 0 Å². The number of halogens is 3. The third-order valence-corrected chi connectivity index (χ3v) is 4.09. The van der Waals surface area contributed by atoms with Crippen LogP contribution in [-0.4, -0.2) is 20.2 Å². The van der Waals surface area contributed by atoms with Crippen molar-refractivity contribution < 1.29 is 4.39 Å². The van der Waals surface area contributed by atoms with Gasteiger partial charge in [-0.15, -0.1) is 5.10 Å². The van der Waals surface area contributed by atoms with Crippen molar-refractivity contribution in [3.63, 3.8) is 0 Å². The van der Waals surface area contributed by atoms with Gasteiger partial charge in [-0.2, -0.15) is 4.68 Å². The summed E-state index contributed by atoms with van der Waals surface area (Å²) in [5.41, 5.74) is 6.77. The summed E-state index contributed by atoms with van der Waals surface area (Å²) in [6.07, 6.45) is 0. The summed E-state index contributed by atoms with van der Waals surface area (Å²) in [7, 11) is 0. The first-order chi connectivity index (χ1) is 10.1. The standard InChI is InChI=1S/C13H8BrClFN5/c14-9-6-8(2-3-10(9)15)21-13(18-19-20-21)7-1-4-12(17)11(16)5-7/h1-6H,17H2. The van der Waals surface area contributed by atoms with Gasteiger partial charge in [-0.25, -0.2) is 4.39 Å². The molecule has 2 aromatic carbocycles. The number of rotatable bonds is 2. The van der Waals surface area contributed by atoms with Gasteiger partial charge in [0.25, 0.3) is 0 Å². The monoisotopic (exact) mass is 367 g/mol. The first kappa shape index (κ1) is 14.0. The number of hydrogen-bond acceptors (Lipinski definition) is 4. The van der Waals surface area contributed by atoms with Gasteiger partial charge in [0.05, 0.1) is 16.4 Å². The largest absolute Gasteiger partial charge is 0.396 e. The van der Waals surface area contributed by atoms with Crippen LogP contribution in [0, 0.1) is 5.82 Å². The van der Waals surface area contributed by atoms with Crippen LogP contribution in [0.3, 0.4) is 0 Å². The van der Waals surface area contributed by atoms with Crippen LogP contribution in [0.4, 0.5) is 10.1 Å². The van der Waals surface area contributed by atoms with Crippen LogP contribution in [0.1, 0.15) is 0 Å². The number of aromatic nitrogens is 4. The van der Waals surface area contributed by atoms with Crippen LogP contribution >= 0.6 is 27.5 Å². The molecular weight excluding hydrogens is 361 g/mol. The first-order valence-electron chi connectivity index (χ1n) is 5.85. The molecule has 2 N–H and O–H groups in total. The molecule has 0 atom stereocenters. The van der Waals surface area contributed by atoms with E-state index in [0.717, 1.165) is 0 Å². The summed E-state index contributed by atoms with van der Waals surface area (Å²) in [5, 5.41) is 12.1. The van der Waals surface area contributed by atoms with Gasteiger partial charge in [-0.05, 0) is 62.8 Å². The zero-order valence-electron chi connectivity index (χ0n) is 10.5. The number of nitrogens with zero attached hydrogens (tertiary/aromatic N) is 4. The van der Waals surface area contributed by atoms with E-state index in [2.05, 4.69) is 31.5 Å². The molecule has 0 saturated heterocycles. The van der Waals surface area contributed by atoms with Crippen LogP contribution < -0.4 is 5.73 Å². The number of tetrazole rings is 1. The van der Waals surface area contributed by atoms with Crippen molar-refractivity contribution in [3.8, 4) is 17.1 Å². The van der Waals surface area contributed by atoms with E-state index in [9.17, 15) is 4.39 Å². The van der Waals surface area contributed by atoms with E-state index in [1.807, 2.05) is 0 Å². The molecule has 3 rings (SSSR count). The second kappa shape index (κ2) is 5.42. The molecule has 0 radical (unpaired) electrons. The Morgan fingerprint density at radius 2 is 2.00 bits per heavy atom. The van der Waals surface area contributed by atoms with E-state index in [0.29, 0.717) is 26.6 Å². The number of benzene rings is 2. The van der Waals surface area contributed by atoms with Crippen LogP contribution in [0.5, 0.6) is 0 Å². The Balaban J connectivity index is 2.12. The Morgan fingerprint density at radius 1 is 1.19 bits per heavy atom. The lowest BCUT2D eigenvalue weighted by molar-refractivity contribution is 0.632.